The third-order valence-electron chi connectivity index (χ3n) is 9.26. The summed E-state index contributed by atoms with van der Waals surface area (Å²) in [4.78, 5) is 16.2. The molecule has 0 radical (unpaired) electrons. The second-order valence-corrected chi connectivity index (χ2v) is 12.5. The van der Waals surface area contributed by atoms with E-state index in [1.165, 1.54) is 24.3 Å². The average molecular weight is 617 g/mol. The number of benzene rings is 2. The van der Waals surface area contributed by atoms with Crippen LogP contribution in [-0.4, -0.2) is 71.1 Å². The minimum absolute atomic E-state index is 0.00349. The Morgan fingerprint density at radius 2 is 1.89 bits per heavy atom. The summed E-state index contributed by atoms with van der Waals surface area (Å²) in [6.07, 6.45) is 8.84. The van der Waals surface area contributed by atoms with Crippen molar-refractivity contribution < 1.29 is 23.0 Å². The highest BCUT2D eigenvalue weighted by molar-refractivity contribution is 6.03. The molecule has 0 amide bonds. The zero-order chi connectivity index (χ0) is 31.2. The Balaban J connectivity index is 1.38. The van der Waals surface area contributed by atoms with Crippen LogP contribution in [0.4, 0.5) is 19.0 Å². The average Bonchev–Trinajstić information content (AvgIpc) is 3.36. The first-order valence-electron chi connectivity index (χ1n) is 15.6. The van der Waals surface area contributed by atoms with Gasteiger partial charge in [-0.3, -0.25) is 0 Å². The monoisotopic (exact) mass is 616 g/mol. The Kier molecular flexibility index (Phi) is 7.88. The SMILES string of the molecule is C#Cc1c(F)ccc2cc(O)cc(-c3nc(C)c4c(N5CC6CCC(C5)N6)nc(OCC5CCCNC[C@H](F)C5)nc4c3F)c12. The molecular formula is C34H35F3N6O2. The zero-order valence-corrected chi connectivity index (χ0v) is 25.0. The summed E-state index contributed by atoms with van der Waals surface area (Å²) in [6.45, 7) is 4.39. The van der Waals surface area contributed by atoms with Crippen molar-refractivity contribution in [2.45, 2.75) is 57.3 Å². The van der Waals surface area contributed by atoms with Crippen LogP contribution in [0.2, 0.25) is 0 Å². The Hall–Kier alpha value is -4.14. The van der Waals surface area contributed by atoms with E-state index in [0.29, 0.717) is 48.3 Å². The van der Waals surface area contributed by atoms with Gasteiger partial charge in [0.2, 0.25) is 0 Å². The van der Waals surface area contributed by atoms with Crippen molar-refractivity contribution in [1.82, 2.24) is 25.6 Å². The second-order valence-electron chi connectivity index (χ2n) is 12.5. The highest BCUT2D eigenvalue weighted by atomic mass is 19.1. The molecule has 45 heavy (non-hydrogen) atoms. The van der Waals surface area contributed by atoms with Crippen LogP contribution < -0.4 is 20.3 Å². The van der Waals surface area contributed by atoms with E-state index in [-0.39, 0.29) is 64.1 Å². The number of phenols is 1. The van der Waals surface area contributed by atoms with E-state index in [1.54, 1.807) is 6.92 Å². The van der Waals surface area contributed by atoms with E-state index in [9.17, 15) is 13.9 Å². The summed E-state index contributed by atoms with van der Waals surface area (Å²) in [5.41, 5.74) is 0.456. The maximum absolute atomic E-state index is 16.8. The van der Waals surface area contributed by atoms with Crippen LogP contribution in [0.3, 0.4) is 0 Å². The molecule has 4 atom stereocenters. The van der Waals surface area contributed by atoms with Crippen LogP contribution in [0.25, 0.3) is 32.9 Å². The molecule has 3 aliphatic rings. The van der Waals surface area contributed by atoms with E-state index in [4.69, 9.17) is 16.1 Å². The number of piperazine rings is 1. The van der Waals surface area contributed by atoms with Crippen molar-refractivity contribution in [3.63, 3.8) is 0 Å². The number of pyridine rings is 1. The van der Waals surface area contributed by atoms with Gasteiger partial charge >= 0.3 is 6.01 Å². The Morgan fingerprint density at radius 3 is 2.67 bits per heavy atom. The van der Waals surface area contributed by atoms with Crippen LogP contribution in [0.1, 0.15) is 43.4 Å². The van der Waals surface area contributed by atoms with E-state index < -0.39 is 17.8 Å². The van der Waals surface area contributed by atoms with E-state index in [2.05, 4.69) is 31.4 Å². The molecule has 3 fully saturated rings. The largest absolute Gasteiger partial charge is 0.508 e. The van der Waals surface area contributed by atoms with E-state index in [0.717, 1.165) is 32.2 Å². The standard InChI is InChI=1S/C34H35F3N6O2/c1-3-25-27(36)9-6-20-12-24(44)13-26(29(20)25)31-30(37)32-28(18(2)39-31)33(43-15-22-7-8-23(16-43)40-22)42-34(41-32)45-17-19-5-4-10-38-14-21(35)11-19/h1,6,9,12-13,19,21-23,38,40,44H,4-5,7-8,10-11,14-17H2,2H3/t19?,21-,22?,23?/m1/s1. The molecule has 3 N–H and O–H groups in total. The first-order valence-corrected chi connectivity index (χ1v) is 15.6. The number of hydrogen-bond donors (Lipinski definition) is 3. The molecular weight excluding hydrogens is 581 g/mol. The van der Waals surface area contributed by atoms with Crippen molar-refractivity contribution in [2.24, 2.45) is 5.92 Å². The normalized spacial score (nSPS) is 23.6. The molecule has 3 saturated heterocycles. The number of aromatic nitrogens is 3. The lowest BCUT2D eigenvalue weighted by Gasteiger charge is -2.34. The summed E-state index contributed by atoms with van der Waals surface area (Å²) in [7, 11) is 0. The maximum atomic E-state index is 16.8. The van der Waals surface area contributed by atoms with Gasteiger partial charge in [0.25, 0.3) is 0 Å². The summed E-state index contributed by atoms with van der Waals surface area (Å²) < 4.78 is 52.3. The Bertz CT molecular complexity index is 1820. The molecule has 11 heteroatoms. The lowest BCUT2D eigenvalue weighted by molar-refractivity contribution is 0.166. The number of aromatic hydroxyl groups is 1. The number of terminal acetylenes is 1. The molecule has 3 aliphatic heterocycles. The maximum Gasteiger partial charge on any atom is 0.319 e. The van der Waals surface area contributed by atoms with Crippen LogP contribution in [0, 0.1) is 36.8 Å². The van der Waals surface area contributed by atoms with Gasteiger partial charge in [0.15, 0.2) is 5.82 Å². The smallest absolute Gasteiger partial charge is 0.319 e. The molecule has 5 heterocycles. The number of anilines is 1. The number of fused-ring (bicyclic) bond motifs is 4. The molecule has 0 spiro atoms. The van der Waals surface area contributed by atoms with Crippen molar-refractivity contribution in [2.75, 3.05) is 37.7 Å². The van der Waals surface area contributed by atoms with Gasteiger partial charge in [-0.1, -0.05) is 12.0 Å². The predicted octanol–water partition coefficient (Wildman–Crippen LogP) is 5.17. The summed E-state index contributed by atoms with van der Waals surface area (Å²) in [5, 5.41) is 18.5. The van der Waals surface area contributed by atoms with Crippen LogP contribution in [0.5, 0.6) is 11.8 Å². The number of rotatable bonds is 5. The van der Waals surface area contributed by atoms with Gasteiger partial charge < -0.3 is 25.4 Å². The molecule has 3 unspecified atom stereocenters. The van der Waals surface area contributed by atoms with Crippen molar-refractivity contribution >= 4 is 27.5 Å². The van der Waals surface area contributed by atoms with Crippen molar-refractivity contribution in [3.8, 4) is 35.4 Å². The fourth-order valence-electron chi connectivity index (χ4n) is 7.18. The lowest BCUT2D eigenvalue weighted by atomic mass is 9.95. The number of halogens is 3. The number of hydrogen-bond acceptors (Lipinski definition) is 8. The van der Waals surface area contributed by atoms with Gasteiger partial charge in [-0.2, -0.15) is 9.97 Å². The van der Waals surface area contributed by atoms with Gasteiger partial charge in [-0.05, 0) is 75.1 Å². The molecule has 234 valence electrons. The van der Waals surface area contributed by atoms with Gasteiger partial charge in [0.05, 0.1) is 23.3 Å². The van der Waals surface area contributed by atoms with Gasteiger partial charge in [-0.25, -0.2) is 18.2 Å². The first-order chi connectivity index (χ1) is 21.8. The fourth-order valence-corrected chi connectivity index (χ4v) is 7.18. The van der Waals surface area contributed by atoms with Gasteiger partial charge in [-0.15, -0.1) is 6.42 Å². The zero-order valence-electron chi connectivity index (χ0n) is 25.0. The Morgan fingerprint density at radius 1 is 1.09 bits per heavy atom. The fraction of sp³-hybridized carbons (Fsp3) is 0.441. The molecule has 2 aromatic carbocycles. The van der Waals surface area contributed by atoms with Gasteiger partial charge in [0.1, 0.15) is 34.8 Å². The predicted molar refractivity (Wildman–Crippen MR) is 167 cm³/mol. The minimum Gasteiger partial charge on any atom is -0.508 e. The molecule has 4 aromatic rings. The van der Waals surface area contributed by atoms with Crippen LogP contribution in [0.15, 0.2) is 24.3 Å². The van der Waals surface area contributed by atoms with E-state index >= 15 is 4.39 Å². The number of alkyl halides is 1. The van der Waals surface area contributed by atoms with Gasteiger partial charge in [0, 0.05) is 42.7 Å². The second kappa shape index (κ2) is 12.0. The third-order valence-corrected chi connectivity index (χ3v) is 9.26. The molecule has 2 bridgehead atoms. The highest BCUT2D eigenvalue weighted by Crippen LogP contribution is 2.40. The molecule has 0 saturated carbocycles. The quantitative estimate of drug-likeness (QED) is 0.265. The number of aryl methyl sites for hydroxylation is 1. The number of ether oxygens (including phenoxy) is 1. The van der Waals surface area contributed by atoms with E-state index in [1.807, 2.05) is 0 Å². The lowest BCUT2D eigenvalue weighted by Crippen LogP contribution is -2.51. The molecule has 0 aliphatic carbocycles. The number of phenolic OH excluding ortho intramolecular Hbond substituents is 1. The minimum atomic E-state index is -0.980. The van der Waals surface area contributed by atoms with Crippen LogP contribution >= 0.6 is 0 Å². The molecule has 7 rings (SSSR count). The Labute approximate surface area is 259 Å². The number of nitrogens with zero attached hydrogens (tertiary/aromatic N) is 4. The van der Waals surface area contributed by atoms with Crippen molar-refractivity contribution in [1.29, 1.82) is 0 Å². The van der Waals surface area contributed by atoms with Crippen LogP contribution in [-0.2, 0) is 0 Å². The summed E-state index contributed by atoms with van der Waals surface area (Å²) in [5.74, 6) is 1.34. The first kappa shape index (κ1) is 29.6. The third kappa shape index (κ3) is 5.62. The molecule has 2 aromatic heterocycles. The van der Waals surface area contributed by atoms with Crippen molar-refractivity contribution in [3.05, 3.63) is 47.2 Å². The topological polar surface area (TPSA) is 95.4 Å². The summed E-state index contributed by atoms with van der Waals surface area (Å²) in [6, 6.07) is 6.07. The molecule has 8 nitrogen and oxygen atoms in total. The summed E-state index contributed by atoms with van der Waals surface area (Å²) >= 11 is 0. The highest BCUT2D eigenvalue weighted by Gasteiger charge is 2.35. The number of nitrogens with one attached hydrogen (secondary N) is 2.